The van der Waals surface area contributed by atoms with Crippen LogP contribution < -0.4 is 4.72 Å². The van der Waals surface area contributed by atoms with Crippen LogP contribution in [0.25, 0.3) is 22.0 Å². The van der Waals surface area contributed by atoms with E-state index in [-0.39, 0.29) is 17.4 Å². The molecule has 6 heteroatoms. The van der Waals surface area contributed by atoms with E-state index in [1.54, 1.807) is 18.2 Å². The topological polar surface area (TPSA) is 62.0 Å². The van der Waals surface area contributed by atoms with Crippen molar-refractivity contribution in [3.05, 3.63) is 90.2 Å². The summed E-state index contributed by atoms with van der Waals surface area (Å²) in [6.45, 7) is 0.182. The molecule has 0 saturated heterocycles. The zero-order chi connectivity index (χ0) is 18.9. The van der Waals surface area contributed by atoms with Crippen LogP contribution in [0.4, 0.5) is 4.39 Å². The van der Waals surface area contributed by atoms with Gasteiger partial charge in [-0.3, -0.25) is 0 Å². The van der Waals surface area contributed by atoms with Gasteiger partial charge in [-0.1, -0.05) is 54.6 Å². The Kier molecular flexibility index (Phi) is 4.51. The fraction of sp³-hybridized carbons (Fsp3) is 0.0476. The van der Waals surface area contributed by atoms with Crippen molar-refractivity contribution in [2.45, 2.75) is 11.6 Å². The zero-order valence-corrected chi connectivity index (χ0v) is 15.1. The fourth-order valence-corrected chi connectivity index (χ4v) is 3.94. The number of aromatic amines is 1. The van der Waals surface area contributed by atoms with Crippen molar-refractivity contribution in [2.24, 2.45) is 0 Å². The molecule has 0 aliphatic heterocycles. The van der Waals surface area contributed by atoms with E-state index in [1.807, 2.05) is 48.5 Å². The van der Waals surface area contributed by atoms with Crippen LogP contribution in [0.2, 0.25) is 0 Å². The summed E-state index contributed by atoms with van der Waals surface area (Å²) in [7, 11) is -3.63. The maximum absolute atomic E-state index is 13.0. The summed E-state index contributed by atoms with van der Waals surface area (Å²) in [5, 5.41) is 0.994. The van der Waals surface area contributed by atoms with Crippen molar-refractivity contribution >= 4 is 20.9 Å². The number of sulfonamides is 1. The highest BCUT2D eigenvalue weighted by Gasteiger charge is 2.16. The van der Waals surface area contributed by atoms with Gasteiger partial charge in [-0.05, 0) is 41.0 Å². The molecule has 0 atom stereocenters. The van der Waals surface area contributed by atoms with Crippen LogP contribution in [-0.2, 0) is 16.6 Å². The van der Waals surface area contributed by atoms with E-state index < -0.39 is 10.0 Å². The third kappa shape index (κ3) is 3.77. The lowest BCUT2D eigenvalue weighted by atomic mass is 10.0. The number of H-pyrrole nitrogens is 1. The molecule has 4 aromatic rings. The van der Waals surface area contributed by atoms with Crippen molar-refractivity contribution in [3.63, 3.8) is 0 Å². The quantitative estimate of drug-likeness (QED) is 0.537. The minimum atomic E-state index is -3.63. The Bertz CT molecular complexity index is 1150. The van der Waals surface area contributed by atoms with Crippen LogP contribution in [-0.4, -0.2) is 13.4 Å². The van der Waals surface area contributed by atoms with Gasteiger partial charge >= 0.3 is 0 Å². The molecule has 2 N–H and O–H groups in total. The van der Waals surface area contributed by atoms with Crippen molar-refractivity contribution < 1.29 is 12.8 Å². The maximum Gasteiger partial charge on any atom is 0.256 e. The predicted molar refractivity (Wildman–Crippen MR) is 104 cm³/mol. The van der Waals surface area contributed by atoms with Crippen LogP contribution in [0.5, 0.6) is 0 Å². The summed E-state index contributed by atoms with van der Waals surface area (Å²) in [6, 6.07) is 22.8. The molecular weight excluding hydrogens is 363 g/mol. The van der Waals surface area contributed by atoms with Crippen molar-refractivity contribution in [1.82, 2.24) is 9.71 Å². The number of hydrogen-bond donors (Lipinski definition) is 2. The normalized spacial score (nSPS) is 11.7. The Morgan fingerprint density at radius 2 is 1.48 bits per heavy atom. The first-order valence-corrected chi connectivity index (χ1v) is 9.92. The van der Waals surface area contributed by atoms with Gasteiger partial charge in [0.05, 0.1) is 0 Å². The van der Waals surface area contributed by atoms with E-state index in [9.17, 15) is 12.8 Å². The Morgan fingerprint density at radius 1 is 0.852 bits per heavy atom. The van der Waals surface area contributed by atoms with Crippen LogP contribution in [0, 0.1) is 5.82 Å². The van der Waals surface area contributed by atoms with Crippen molar-refractivity contribution in [3.8, 4) is 11.1 Å². The lowest BCUT2D eigenvalue weighted by Gasteiger charge is -2.07. The minimum Gasteiger partial charge on any atom is -0.345 e. The minimum absolute atomic E-state index is 0.145. The van der Waals surface area contributed by atoms with E-state index >= 15 is 0 Å². The first kappa shape index (κ1) is 17.5. The molecule has 0 amide bonds. The van der Waals surface area contributed by atoms with Crippen LogP contribution in [0.15, 0.2) is 83.9 Å². The second-order valence-electron chi connectivity index (χ2n) is 6.25. The number of hydrogen-bond acceptors (Lipinski definition) is 2. The highest BCUT2D eigenvalue weighted by atomic mass is 32.2. The molecule has 0 aliphatic rings. The highest BCUT2D eigenvalue weighted by Crippen LogP contribution is 2.21. The molecule has 0 saturated carbocycles. The first-order chi connectivity index (χ1) is 13.0. The molecule has 0 bridgehead atoms. The van der Waals surface area contributed by atoms with E-state index in [2.05, 4.69) is 9.71 Å². The van der Waals surface area contributed by atoms with E-state index in [0.29, 0.717) is 0 Å². The van der Waals surface area contributed by atoms with Gasteiger partial charge in [0.25, 0.3) is 10.0 Å². The summed E-state index contributed by atoms with van der Waals surface area (Å²) in [5.41, 5.74) is 3.46. The molecule has 0 aliphatic carbocycles. The maximum atomic E-state index is 13.0. The average Bonchev–Trinajstić information content (AvgIpc) is 3.13. The van der Waals surface area contributed by atoms with E-state index in [4.69, 9.17) is 0 Å². The monoisotopic (exact) mass is 380 g/mol. The summed E-state index contributed by atoms with van der Waals surface area (Å²) in [4.78, 5) is 2.93. The zero-order valence-electron chi connectivity index (χ0n) is 14.3. The Hall–Kier alpha value is -2.96. The molecule has 27 heavy (non-hydrogen) atoms. The van der Waals surface area contributed by atoms with E-state index in [0.717, 1.165) is 27.6 Å². The van der Waals surface area contributed by atoms with Crippen LogP contribution in [0.1, 0.15) is 5.56 Å². The van der Waals surface area contributed by atoms with Gasteiger partial charge in [-0.15, -0.1) is 0 Å². The Balaban J connectivity index is 1.48. The summed E-state index contributed by atoms with van der Waals surface area (Å²) < 4.78 is 40.7. The molecule has 1 heterocycles. The van der Waals surface area contributed by atoms with Gasteiger partial charge in [-0.2, -0.15) is 0 Å². The smallest absolute Gasteiger partial charge is 0.256 e. The molecule has 1 aromatic heterocycles. The second kappa shape index (κ2) is 6.98. The third-order valence-electron chi connectivity index (χ3n) is 4.39. The highest BCUT2D eigenvalue weighted by molar-refractivity contribution is 7.89. The Morgan fingerprint density at radius 3 is 2.15 bits per heavy atom. The number of benzene rings is 3. The molecule has 4 nitrogen and oxygen atoms in total. The molecule has 0 radical (unpaired) electrons. The van der Waals surface area contributed by atoms with Crippen LogP contribution >= 0.6 is 0 Å². The number of fused-ring (bicyclic) bond motifs is 1. The standard InChI is InChI=1S/C21H17FN2O2S/c22-19-11-9-17(10-12-19)16-7-5-15(6-8-16)14-23-27(25,26)21-13-18-3-1-2-4-20(18)24-21/h1-13,23-24H,14H2. The number of nitrogens with one attached hydrogen (secondary N) is 2. The number of para-hydroxylation sites is 1. The molecule has 4 rings (SSSR count). The van der Waals surface area contributed by atoms with Gasteiger partial charge in [0.1, 0.15) is 10.8 Å². The largest absolute Gasteiger partial charge is 0.345 e. The fourth-order valence-electron chi connectivity index (χ4n) is 2.90. The van der Waals surface area contributed by atoms with Gasteiger partial charge in [0.15, 0.2) is 0 Å². The molecule has 0 fully saturated rings. The summed E-state index contributed by atoms with van der Waals surface area (Å²) in [5.74, 6) is -0.276. The molecule has 136 valence electrons. The van der Waals surface area contributed by atoms with Gasteiger partial charge in [-0.25, -0.2) is 17.5 Å². The molecule has 0 spiro atoms. The third-order valence-corrected chi connectivity index (χ3v) is 5.72. The Labute approximate surface area is 156 Å². The molecule has 3 aromatic carbocycles. The lowest BCUT2D eigenvalue weighted by Crippen LogP contribution is -2.23. The van der Waals surface area contributed by atoms with Crippen LogP contribution in [0.3, 0.4) is 0 Å². The summed E-state index contributed by atoms with van der Waals surface area (Å²) >= 11 is 0. The van der Waals surface area contributed by atoms with E-state index in [1.165, 1.54) is 12.1 Å². The van der Waals surface area contributed by atoms with Gasteiger partial charge < -0.3 is 4.98 Å². The number of halogens is 1. The SMILES string of the molecule is O=S(=O)(NCc1ccc(-c2ccc(F)cc2)cc1)c1cc2ccccc2[nH]1. The van der Waals surface area contributed by atoms with Gasteiger partial charge in [0.2, 0.25) is 0 Å². The average molecular weight is 380 g/mol. The van der Waals surface area contributed by atoms with Crippen molar-refractivity contribution in [1.29, 1.82) is 0 Å². The predicted octanol–water partition coefficient (Wildman–Crippen LogP) is 4.45. The first-order valence-electron chi connectivity index (χ1n) is 8.44. The van der Waals surface area contributed by atoms with Crippen molar-refractivity contribution in [2.75, 3.05) is 0 Å². The number of rotatable bonds is 5. The molecule has 0 unspecified atom stereocenters. The number of aromatic nitrogens is 1. The van der Waals surface area contributed by atoms with Gasteiger partial charge in [0, 0.05) is 17.4 Å². The summed E-state index contributed by atoms with van der Waals surface area (Å²) in [6.07, 6.45) is 0. The second-order valence-corrected chi connectivity index (χ2v) is 7.98. The lowest BCUT2D eigenvalue weighted by molar-refractivity contribution is 0.578. The molecular formula is C21H17FN2O2S.